The topological polar surface area (TPSA) is 72.5 Å². The number of esters is 1. The summed E-state index contributed by atoms with van der Waals surface area (Å²) >= 11 is 0. The highest BCUT2D eigenvalue weighted by atomic mass is 32.2. The van der Waals surface area contributed by atoms with Crippen LogP contribution in [-0.4, -0.2) is 34.5 Å². The van der Waals surface area contributed by atoms with Crippen molar-refractivity contribution in [3.8, 4) is 0 Å². The first-order valence-electron chi connectivity index (χ1n) is 7.47. The largest absolute Gasteiger partial charge is 0.452 e. The number of hydrogen-bond donors (Lipinski definition) is 1. The third kappa shape index (κ3) is 5.26. The monoisotopic (exact) mass is 325 g/mol. The van der Waals surface area contributed by atoms with Gasteiger partial charge in [-0.05, 0) is 25.0 Å². The van der Waals surface area contributed by atoms with Crippen molar-refractivity contribution in [2.24, 2.45) is 0 Å². The van der Waals surface area contributed by atoms with Crippen LogP contribution in [0, 0.1) is 0 Å². The van der Waals surface area contributed by atoms with E-state index < -0.39 is 16.8 Å². The van der Waals surface area contributed by atoms with Gasteiger partial charge in [-0.3, -0.25) is 9.00 Å². The van der Waals surface area contributed by atoms with Crippen molar-refractivity contribution in [3.05, 3.63) is 29.8 Å². The van der Waals surface area contributed by atoms with Crippen LogP contribution >= 0.6 is 0 Å². The number of rotatable bonds is 8. The average Bonchev–Trinajstić information content (AvgIpc) is 2.56. The van der Waals surface area contributed by atoms with Crippen LogP contribution in [0.5, 0.6) is 0 Å². The molecule has 0 aliphatic carbocycles. The number of carbonyl (C=O) groups excluding carboxylic acids is 2. The van der Waals surface area contributed by atoms with Crippen LogP contribution in [0.2, 0.25) is 0 Å². The van der Waals surface area contributed by atoms with Crippen molar-refractivity contribution in [2.45, 2.75) is 44.6 Å². The number of benzene rings is 1. The van der Waals surface area contributed by atoms with Gasteiger partial charge < -0.3 is 10.1 Å². The van der Waals surface area contributed by atoms with Crippen LogP contribution < -0.4 is 5.32 Å². The Morgan fingerprint density at radius 3 is 2.41 bits per heavy atom. The molecule has 1 N–H and O–H groups in total. The lowest BCUT2D eigenvalue weighted by Gasteiger charge is -2.14. The molecule has 0 bridgehead atoms. The first-order valence-corrected chi connectivity index (χ1v) is 8.79. The molecule has 1 aromatic rings. The standard InChI is InChI=1S/C16H23NO4S/c1-4-12(5-2)17-15(18)11-21-16(19)13-9-7-8-10-14(13)22(20)6-3/h7-10,12H,4-6,11H2,1-3H3,(H,17,18)/t22-/m1/s1. The number of amides is 1. The molecule has 1 atom stereocenters. The van der Waals surface area contributed by atoms with Crippen molar-refractivity contribution in [1.29, 1.82) is 0 Å². The van der Waals surface area contributed by atoms with E-state index in [9.17, 15) is 13.8 Å². The molecule has 122 valence electrons. The van der Waals surface area contributed by atoms with Crippen LogP contribution in [0.15, 0.2) is 29.2 Å². The van der Waals surface area contributed by atoms with Crippen LogP contribution in [-0.2, 0) is 20.3 Å². The zero-order valence-corrected chi connectivity index (χ0v) is 14.1. The maximum atomic E-state index is 12.1. The molecule has 6 heteroatoms. The molecule has 0 saturated carbocycles. The molecule has 0 heterocycles. The molecular formula is C16H23NO4S. The predicted molar refractivity (Wildman–Crippen MR) is 86.2 cm³/mol. The van der Waals surface area contributed by atoms with E-state index in [4.69, 9.17) is 4.74 Å². The Bertz CT molecular complexity index is 541. The summed E-state index contributed by atoms with van der Waals surface area (Å²) in [5, 5.41) is 2.80. The zero-order valence-electron chi connectivity index (χ0n) is 13.3. The zero-order chi connectivity index (χ0) is 16.5. The Morgan fingerprint density at radius 2 is 1.82 bits per heavy atom. The summed E-state index contributed by atoms with van der Waals surface area (Å²) < 4.78 is 17.0. The summed E-state index contributed by atoms with van der Waals surface area (Å²) in [4.78, 5) is 24.3. The minimum Gasteiger partial charge on any atom is -0.452 e. The summed E-state index contributed by atoms with van der Waals surface area (Å²) in [7, 11) is -1.25. The highest BCUT2D eigenvalue weighted by Gasteiger charge is 2.17. The quantitative estimate of drug-likeness (QED) is 0.744. The summed E-state index contributed by atoms with van der Waals surface area (Å²) in [6.07, 6.45) is 1.66. The summed E-state index contributed by atoms with van der Waals surface area (Å²) in [6, 6.07) is 6.69. The highest BCUT2D eigenvalue weighted by molar-refractivity contribution is 7.85. The number of nitrogens with one attached hydrogen (secondary N) is 1. The Labute approximate surface area is 133 Å². The van der Waals surface area contributed by atoms with Gasteiger partial charge in [0.25, 0.3) is 5.91 Å². The third-order valence-electron chi connectivity index (χ3n) is 3.30. The molecule has 0 aliphatic heterocycles. The van der Waals surface area contributed by atoms with Gasteiger partial charge in [0.15, 0.2) is 6.61 Å². The maximum Gasteiger partial charge on any atom is 0.339 e. The van der Waals surface area contributed by atoms with E-state index in [1.165, 1.54) is 0 Å². The van der Waals surface area contributed by atoms with Crippen LogP contribution in [0.1, 0.15) is 44.0 Å². The summed E-state index contributed by atoms with van der Waals surface area (Å²) in [6.45, 7) is 5.41. The number of ether oxygens (including phenoxy) is 1. The first kappa shape index (κ1) is 18.4. The van der Waals surface area contributed by atoms with Gasteiger partial charge in [0.1, 0.15) is 0 Å². The van der Waals surface area contributed by atoms with E-state index >= 15 is 0 Å². The number of carbonyl (C=O) groups is 2. The van der Waals surface area contributed by atoms with Gasteiger partial charge in [-0.2, -0.15) is 0 Å². The van der Waals surface area contributed by atoms with E-state index in [-0.39, 0.29) is 24.1 Å². The van der Waals surface area contributed by atoms with Gasteiger partial charge in [0.2, 0.25) is 0 Å². The van der Waals surface area contributed by atoms with E-state index in [1.807, 2.05) is 13.8 Å². The fourth-order valence-electron chi connectivity index (χ4n) is 1.96. The van der Waals surface area contributed by atoms with Gasteiger partial charge in [-0.1, -0.05) is 32.9 Å². The molecule has 0 spiro atoms. The molecule has 0 saturated heterocycles. The van der Waals surface area contributed by atoms with Crippen molar-refractivity contribution in [2.75, 3.05) is 12.4 Å². The Kier molecular flexibility index (Phi) is 7.80. The van der Waals surface area contributed by atoms with Crippen molar-refractivity contribution in [3.63, 3.8) is 0 Å². The maximum absolute atomic E-state index is 12.1. The lowest BCUT2D eigenvalue weighted by Crippen LogP contribution is -2.36. The molecule has 0 fully saturated rings. The highest BCUT2D eigenvalue weighted by Crippen LogP contribution is 2.15. The van der Waals surface area contributed by atoms with Crippen LogP contribution in [0.3, 0.4) is 0 Å². The molecule has 1 aromatic carbocycles. The van der Waals surface area contributed by atoms with Gasteiger partial charge >= 0.3 is 5.97 Å². The van der Waals surface area contributed by atoms with E-state index in [1.54, 1.807) is 31.2 Å². The minimum absolute atomic E-state index is 0.0890. The smallest absolute Gasteiger partial charge is 0.339 e. The average molecular weight is 325 g/mol. The second kappa shape index (κ2) is 9.35. The fraction of sp³-hybridized carbons (Fsp3) is 0.500. The Balaban J connectivity index is 2.67. The molecule has 1 rings (SSSR count). The minimum atomic E-state index is -1.25. The summed E-state index contributed by atoms with van der Waals surface area (Å²) in [5.74, 6) is -0.535. The van der Waals surface area contributed by atoms with Crippen molar-refractivity contribution >= 4 is 22.7 Å². The molecule has 0 aliphatic rings. The molecule has 0 aromatic heterocycles. The van der Waals surface area contributed by atoms with Crippen molar-refractivity contribution in [1.82, 2.24) is 5.32 Å². The molecule has 0 radical (unpaired) electrons. The summed E-state index contributed by atoms with van der Waals surface area (Å²) in [5.41, 5.74) is 0.248. The van der Waals surface area contributed by atoms with Gasteiger partial charge in [-0.25, -0.2) is 4.79 Å². The van der Waals surface area contributed by atoms with Gasteiger partial charge in [0.05, 0.1) is 21.3 Å². The molecule has 22 heavy (non-hydrogen) atoms. The van der Waals surface area contributed by atoms with Crippen molar-refractivity contribution < 1.29 is 18.5 Å². The van der Waals surface area contributed by atoms with E-state index in [2.05, 4.69) is 5.32 Å². The first-order chi connectivity index (χ1) is 10.5. The second-order valence-electron chi connectivity index (χ2n) is 4.79. The normalized spacial score (nSPS) is 12.0. The fourth-order valence-corrected chi connectivity index (χ4v) is 2.90. The molecule has 5 nitrogen and oxygen atoms in total. The second-order valence-corrected chi connectivity index (χ2v) is 6.50. The lowest BCUT2D eigenvalue weighted by molar-refractivity contribution is -0.125. The Hall–Kier alpha value is -1.69. The van der Waals surface area contributed by atoms with E-state index in [0.717, 1.165) is 12.8 Å². The Morgan fingerprint density at radius 1 is 1.18 bits per heavy atom. The molecule has 0 unspecified atom stereocenters. The lowest BCUT2D eigenvalue weighted by atomic mass is 10.2. The third-order valence-corrected chi connectivity index (χ3v) is 4.67. The SMILES string of the molecule is CCC(CC)NC(=O)COC(=O)c1ccccc1[S@](=O)CC. The van der Waals surface area contributed by atoms with Crippen LogP contribution in [0.25, 0.3) is 0 Å². The van der Waals surface area contributed by atoms with E-state index in [0.29, 0.717) is 10.6 Å². The predicted octanol–water partition coefficient (Wildman–Crippen LogP) is 2.28. The number of hydrogen-bond acceptors (Lipinski definition) is 4. The molecular weight excluding hydrogens is 302 g/mol. The molecule has 1 amide bonds. The van der Waals surface area contributed by atoms with Crippen LogP contribution in [0.4, 0.5) is 0 Å². The van der Waals surface area contributed by atoms with Gasteiger partial charge in [-0.15, -0.1) is 0 Å². The van der Waals surface area contributed by atoms with Gasteiger partial charge in [0, 0.05) is 11.8 Å².